The van der Waals surface area contributed by atoms with Crippen LogP contribution in [0.3, 0.4) is 0 Å². The summed E-state index contributed by atoms with van der Waals surface area (Å²) in [5.41, 5.74) is 0. The zero-order valence-corrected chi connectivity index (χ0v) is 11.9. The molecule has 0 aromatic heterocycles. The Labute approximate surface area is 126 Å². The molecule has 0 aromatic carbocycles. The van der Waals surface area contributed by atoms with Crippen LogP contribution in [-0.4, -0.2) is 23.8 Å². The van der Waals surface area contributed by atoms with Gasteiger partial charge in [-0.3, -0.25) is 4.79 Å². The number of unbranched alkanes of at least 4 members (excludes halogenated alkanes) is 6. The molecule has 0 rings (SSSR count). The number of carbonyl (C=O) groups excluding carboxylic acids is 1. The molecular weight excluding hydrogens is 252 g/mol. The number of esters is 1. The Morgan fingerprint density at radius 2 is 1.70 bits per heavy atom. The number of aliphatic hydroxyl groups is 1. The van der Waals surface area contributed by atoms with Crippen molar-refractivity contribution in [3.05, 3.63) is 12.2 Å². The van der Waals surface area contributed by atoms with Crippen LogP contribution < -0.4 is 0 Å². The zero-order valence-electron chi connectivity index (χ0n) is 11.9. The van der Waals surface area contributed by atoms with Gasteiger partial charge in [0.1, 0.15) is 6.61 Å². The summed E-state index contributed by atoms with van der Waals surface area (Å²) in [6.45, 7) is 3.91. The molecule has 3 nitrogen and oxygen atoms in total. The van der Waals surface area contributed by atoms with Gasteiger partial charge in [0, 0.05) is 0 Å². The quantitative estimate of drug-likeness (QED) is 0.335. The Kier molecular flexibility index (Phi) is 22.0. The predicted molar refractivity (Wildman–Crippen MR) is 87.9 cm³/mol. The molecule has 20 heavy (non-hydrogen) atoms. The van der Waals surface area contributed by atoms with Crippen LogP contribution >= 0.6 is 0 Å². The van der Waals surface area contributed by atoms with Crippen LogP contribution in [0.4, 0.5) is 0 Å². The molecule has 0 amide bonds. The van der Waals surface area contributed by atoms with Crippen molar-refractivity contribution in [2.45, 2.75) is 86.2 Å². The lowest BCUT2D eigenvalue weighted by atomic mass is 10.1. The zero-order chi connectivity index (χ0) is 13.6. The normalized spacial score (nSPS) is 11.6. The van der Waals surface area contributed by atoms with Crippen LogP contribution in [0, 0.1) is 0 Å². The monoisotopic (exact) mass is 288 g/mol. The lowest BCUT2D eigenvalue weighted by Crippen LogP contribution is -2.14. The van der Waals surface area contributed by atoms with Crippen LogP contribution in [-0.2, 0) is 9.53 Å². The highest BCUT2D eigenvalue weighted by Crippen LogP contribution is 2.07. The summed E-state index contributed by atoms with van der Waals surface area (Å²) in [5.74, 6) is -0.268. The summed E-state index contributed by atoms with van der Waals surface area (Å²) in [4.78, 5) is 11.2. The number of allylic oxidation sites excluding steroid dienone is 1. The second-order valence-electron chi connectivity index (χ2n) is 4.76. The van der Waals surface area contributed by atoms with Crippen molar-refractivity contribution in [3.8, 4) is 0 Å². The van der Waals surface area contributed by atoms with Crippen molar-refractivity contribution >= 4 is 5.97 Å². The maximum absolute atomic E-state index is 11.2. The van der Waals surface area contributed by atoms with Crippen LogP contribution in [0.2, 0.25) is 0 Å². The summed E-state index contributed by atoms with van der Waals surface area (Å²) >= 11 is 0. The highest BCUT2D eigenvalue weighted by Gasteiger charge is 2.01. The van der Waals surface area contributed by atoms with Crippen molar-refractivity contribution in [3.63, 3.8) is 0 Å². The molecule has 0 heterocycles. The van der Waals surface area contributed by atoms with Gasteiger partial charge in [-0.15, -0.1) is 0 Å². The third-order valence-electron chi connectivity index (χ3n) is 2.66. The number of hydrogen-bond donors (Lipinski definition) is 1. The Bertz CT molecular complexity index is 222. The van der Waals surface area contributed by atoms with Crippen molar-refractivity contribution in [2.24, 2.45) is 0 Å². The first-order chi connectivity index (χ1) is 8.66. The number of hydrogen-bond acceptors (Lipinski definition) is 3. The first-order valence-corrected chi connectivity index (χ1v) is 7.15. The van der Waals surface area contributed by atoms with Crippen molar-refractivity contribution in [1.29, 1.82) is 0 Å². The van der Waals surface area contributed by atoms with E-state index in [1.807, 2.05) is 12.2 Å². The van der Waals surface area contributed by atoms with E-state index >= 15 is 0 Å². The molecule has 0 bridgehead atoms. The molecule has 1 atom stereocenters. The second-order valence-corrected chi connectivity index (χ2v) is 4.76. The Morgan fingerprint density at radius 1 is 1.10 bits per heavy atom. The van der Waals surface area contributed by atoms with E-state index in [9.17, 15) is 4.79 Å². The molecule has 0 radical (unpaired) electrons. The molecule has 0 aliphatic heterocycles. The van der Waals surface area contributed by atoms with E-state index < -0.39 is 6.10 Å². The fourth-order valence-electron chi connectivity index (χ4n) is 1.61. The van der Waals surface area contributed by atoms with Gasteiger partial charge >= 0.3 is 5.97 Å². The maximum Gasteiger partial charge on any atom is 0.309 e. The summed E-state index contributed by atoms with van der Waals surface area (Å²) in [5, 5.41) is 8.94. The summed E-state index contributed by atoms with van der Waals surface area (Å²) in [7, 11) is 0. The van der Waals surface area contributed by atoms with Gasteiger partial charge in [-0.2, -0.15) is 0 Å². The van der Waals surface area contributed by atoms with Gasteiger partial charge in [-0.1, -0.05) is 66.0 Å². The minimum absolute atomic E-state index is 0. The molecule has 122 valence electrons. The van der Waals surface area contributed by atoms with Gasteiger partial charge in [-0.05, 0) is 19.8 Å². The van der Waals surface area contributed by atoms with E-state index in [4.69, 9.17) is 9.84 Å². The number of aliphatic hydroxyl groups excluding tert-OH is 1. The summed E-state index contributed by atoms with van der Waals surface area (Å²) < 4.78 is 4.84. The molecule has 0 aliphatic rings. The van der Waals surface area contributed by atoms with Crippen molar-refractivity contribution in [2.75, 3.05) is 6.61 Å². The maximum atomic E-state index is 11.2. The first-order valence-electron chi connectivity index (χ1n) is 7.15. The van der Waals surface area contributed by atoms with Crippen LogP contribution in [0.15, 0.2) is 12.2 Å². The van der Waals surface area contributed by atoms with Gasteiger partial charge in [0.05, 0.1) is 12.5 Å². The summed E-state index contributed by atoms with van der Waals surface area (Å²) in [6, 6.07) is 0. The molecule has 0 aliphatic carbocycles. The molecule has 3 heteroatoms. The Morgan fingerprint density at radius 3 is 2.30 bits per heavy atom. The van der Waals surface area contributed by atoms with Gasteiger partial charge in [0.2, 0.25) is 0 Å². The summed E-state index contributed by atoms with van der Waals surface area (Å²) in [6.07, 6.45) is 12.4. The third-order valence-corrected chi connectivity index (χ3v) is 2.66. The first kappa shape index (κ1) is 24.2. The molecule has 0 fully saturated rings. The molecular formula is C17H36O3. The highest BCUT2D eigenvalue weighted by molar-refractivity contribution is 5.71. The SMILES string of the molecule is C.C.CCCCCCCC/C=C\CC(=O)OCC(C)O. The van der Waals surface area contributed by atoms with E-state index in [-0.39, 0.29) is 27.4 Å². The smallest absolute Gasteiger partial charge is 0.309 e. The average molecular weight is 288 g/mol. The second kappa shape index (κ2) is 18.2. The molecule has 1 unspecified atom stereocenters. The van der Waals surface area contributed by atoms with Gasteiger partial charge in [0.25, 0.3) is 0 Å². The van der Waals surface area contributed by atoms with Crippen LogP contribution in [0.1, 0.15) is 80.1 Å². The molecule has 1 N–H and O–H groups in total. The fourth-order valence-corrected chi connectivity index (χ4v) is 1.61. The Hall–Kier alpha value is -0.830. The topological polar surface area (TPSA) is 46.5 Å². The lowest BCUT2D eigenvalue weighted by molar-refractivity contribution is -0.145. The molecule has 0 spiro atoms. The molecule has 0 aromatic rings. The van der Waals surface area contributed by atoms with Gasteiger partial charge < -0.3 is 9.84 Å². The van der Waals surface area contributed by atoms with E-state index in [0.29, 0.717) is 6.42 Å². The predicted octanol–water partition coefficient (Wildman–Crippen LogP) is 4.88. The third kappa shape index (κ3) is 19.5. The van der Waals surface area contributed by atoms with Gasteiger partial charge in [0.15, 0.2) is 0 Å². The fraction of sp³-hybridized carbons (Fsp3) is 0.824. The Balaban J connectivity index is -0.00000144. The molecule has 0 saturated heterocycles. The number of ether oxygens (including phenoxy) is 1. The molecule has 0 saturated carbocycles. The number of rotatable bonds is 11. The minimum atomic E-state index is -0.582. The van der Waals surface area contributed by atoms with E-state index in [1.54, 1.807) is 6.92 Å². The van der Waals surface area contributed by atoms with Crippen molar-refractivity contribution < 1.29 is 14.6 Å². The largest absolute Gasteiger partial charge is 0.463 e. The lowest BCUT2D eigenvalue weighted by Gasteiger charge is -2.04. The van der Waals surface area contributed by atoms with Crippen LogP contribution in [0.5, 0.6) is 0 Å². The van der Waals surface area contributed by atoms with E-state index in [2.05, 4.69) is 6.92 Å². The van der Waals surface area contributed by atoms with Crippen LogP contribution in [0.25, 0.3) is 0 Å². The van der Waals surface area contributed by atoms with Crippen molar-refractivity contribution in [1.82, 2.24) is 0 Å². The van der Waals surface area contributed by atoms with Gasteiger partial charge in [-0.25, -0.2) is 0 Å². The van der Waals surface area contributed by atoms with E-state index in [1.165, 1.54) is 38.5 Å². The highest BCUT2D eigenvalue weighted by atomic mass is 16.5. The minimum Gasteiger partial charge on any atom is -0.463 e. The average Bonchev–Trinajstić information content (AvgIpc) is 2.34. The standard InChI is InChI=1S/C15H28O3.2CH4/c1-3-4-5-6-7-8-9-10-11-12-15(17)18-13-14(2)16;;/h10-11,14,16H,3-9,12-13H2,1-2H3;2*1H4/b11-10-;;. The van der Waals surface area contributed by atoms with E-state index in [0.717, 1.165) is 6.42 Å². The number of carbonyl (C=O) groups is 1.